The molecule has 0 aromatic carbocycles. The van der Waals surface area contributed by atoms with Crippen molar-refractivity contribution in [2.24, 2.45) is 23.7 Å². The summed E-state index contributed by atoms with van der Waals surface area (Å²) in [6.07, 6.45) is 12.3. The van der Waals surface area contributed by atoms with Gasteiger partial charge in [-0.1, -0.05) is 90.9 Å². The van der Waals surface area contributed by atoms with Gasteiger partial charge in [-0.15, -0.1) is 0 Å². The molecule has 0 aromatic heterocycles. The quantitative estimate of drug-likeness (QED) is 0.310. The summed E-state index contributed by atoms with van der Waals surface area (Å²) in [5.41, 5.74) is 0. The van der Waals surface area contributed by atoms with E-state index < -0.39 is 0 Å². The van der Waals surface area contributed by atoms with Crippen molar-refractivity contribution in [3.05, 3.63) is 5.92 Å². The van der Waals surface area contributed by atoms with Crippen molar-refractivity contribution in [3.63, 3.8) is 0 Å². The fraction of sp³-hybridized carbons (Fsp3) is 0.944. The third kappa shape index (κ3) is 9.11. The number of hydrogen-bond donors (Lipinski definition) is 0. The van der Waals surface area contributed by atoms with Crippen molar-refractivity contribution in [2.75, 3.05) is 0 Å². The van der Waals surface area contributed by atoms with E-state index in [1.165, 1.54) is 38.5 Å². The molecular formula is C18H35Ar3W-. The second-order valence-electron chi connectivity index (χ2n) is 5.85. The molecule has 3 aliphatic rings. The third-order valence-corrected chi connectivity index (χ3v) is 5.36. The second kappa shape index (κ2) is 20.2. The molecule has 0 spiro atoms. The standard InChI is InChI=1S/C14H23.2C2H6.3Ar.W/c1-10-11-6-2-4-8-13(11)14-9-5-3-7-12(10)14;2*1-2;;;;/h11-14H,2-9H2,1H3;2*1-2H3;;;;/q-1;;;;;;. The first-order valence-corrected chi connectivity index (χ1v) is 8.71. The average Bonchev–Trinajstić information content (AvgIpc) is 2.78. The van der Waals surface area contributed by atoms with Crippen LogP contribution in [0, 0.1) is 143 Å². The van der Waals surface area contributed by atoms with Crippen LogP contribution in [0.25, 0.3) is 0 Å². The van der Waals surface area contributed by atoms with E-state index in [2.05, 4.69) is 6.92 Å². The average molecular weight is 555 g/mol. The van der Waals surface area contributed by atoms with E-state index in [-0.39, 0.29) is 134 Å². The normalized spacial score (nSPS) is 31.5. The van der Waals surface area contributed by atoms with E-state index >= 15 is 0 Å². The first-order valence-electron chi connectivity index (χ1n) is 8.71. The largest absolute Gasteiger partial charge is 0.310 e. The Hall–Kier alpha value is 4.47. The molecule has 0 aliphatic heterocycles. The maximum absolute atomic E-state index is 2.49. The zero-order valence-corrected chi connectivity index (χ0v) is 20.0. The van der Waals surface area contributed by atoms with Crippen LogP contribution in [0.5, 0.6) is 0 Å². The molecule has 3 fully saturated rings. The monoisotopic (exact) mass is 555 g/mol. The molecule has 0 saturated heterocycles. The van der Waals surface area contributed by atoms with Gasteiger partial charge in [0.15, 0.2) is 0 Å². The Balaban J connectivity index is -0.000000189. The van der Waals surface area contributed by atoms with E-state index in [4.69, 9.17) is 0 Å². The van der Waals surface area contributed by atoms with Crippen LogP contribution in [0.4, 0.5) is 0 Å². The van der Waals surface area contributed by atoms with Gasteiger partial charge in [0.1, 0.15) is 0 Å². The smallest absolute Gasteiger partial charge is 0 e. The fourth-order valence-electron chi connectivity index (χ4n) is 4.75. The Morgan fingerprint density at radius 3 is 1.18 bits per heavy atom. The zero-order chi connectivity index (χ0) is 13.5. The molecular weight excluding hydrogens is 520 g/mol. The molecule has 0 aromatic rings. The van der Waals surface area contributed by atoms with Crippen LogP contribution < -0.4 is 0 Å². The van der Waals surface area contributed by atoms with Crippen LogP contribution >= 0.6 is 0 Å². The van der Waals surface area contributed by atoms with Crippen LogP contribution in [-0.2, 0) is 21.1 Å². The van der Waals surface area contributed by atoms with Gasteiger partial charge in [0.2, 0.25) is 0 Å². The molecule has 0 N–H and O–H groups in total. The van der Waals surface area contributed by atoms with Gasteiger partial charge in [-0.25, -0.2) is 0 Å². The molecule has 0 nitrogen and oxygen atoms in total. The van der Waals surface area contributed by atoms with Crippen molar-refractivity contribution in [2.45, 2.75) is 86.0 Å². The summed E-state index contributed by atoms with van der Waals surface area (Å²) in [5.74, 6) is 6.26. The van der Waals surface area contributed by atoms with Gasteiger partial charge in [-0.05, 0) is 0 Å². The number of rotatable bonds is 0. The summed E-state index contributed by atoms with van der Waals surface area (Å²) in [6, 6.07) is 0. The molecule has 0 amide bonds. The molecule has 0 radical (unpaired) electrons. The van der Waals surface area contributed by atoms with Crippen LogP contribution in [0.1, 0.15) is 86.0 Å². The van der Waals surface area contributed by atoms with E-state index in [0.717, 1.165) is 23.7 Å². The van der Waals surface area contributed by atoms with Crippen molar-refractivity contribution in [1.29, 1.82) is 0 Å². The van der Waals surface area contributed by atoms with E-state index in [9.17, 15) is 0 Å². The summed E-state index contributed by atoms with van der Waals surface area (Å²) >= 11 is 0. The first-order chi connectivity index (χ1) is 8.88. The first kappa shape index (κ1) is 34.0. The van der Waals surface area contributed by atoms with Gasteiger partial charge >= 0.3 is 0 Å². The van der Waals surface area contributed by atoms with E-state index in [0.29, 0.717) is 0 Å². The minimum Gasteiger partial charge on any atom is -0.310 e. The minimum absolute atomic E-state index is 0. The molecule has 138 valence electrons. The molecule has 0 heterocycles. The summed E-state index contributed by atoms with van der Waals surface area (Å²) in [6.45, 7) is 10.5. The Labute approximate surface area is 245 Å². The van der Waals surface area contributed by atoms with Gasteiger partial charge in [0, 0.05) is 134 Å². The molecule has 3 rings (SSSR count). The minimum atomic E-state index is 0. The van der Waals surface area contributed by atoms with Crippen LogP contribution in [0.2, 0.25) is 0 Å². The fourth-order valence-corrected chi connectivity index (χ4v) is 4.75. The van der Waals surface area contributed by atoms with Crippen LogP contribution in [-0.4, -0.2) is 0 Å². The van der Waals surface area contributed by atoms with Gasteiger partial charge in [0.25, 0.3) is 0 Å². The van der Waals surface area contributed by atoms with E-state index in [1.54, 1.807) is 12.8 Å². The van der Waals surface area contributed by atoms with Gasteiger partial charge in [0.05, 0.1) is 0 Å². The predicted molar refractivity (Wildman–Crippen MR) is 82.5 cm³/mol. The van der Waals surface area contributed by atoms with Crippen molar-refractivity contribution in [1.82, 2.24) is 0 Å². The second-order valence-corrected chi connectivity index (χ2v) is 5.85. The summed E-state index contributed by atoms with van der Waals surface area (Å²) in [4.78, 5) is 0. The summed E-state index contributed by atoms with van der Waals surface area (Å²) in [7, 11) is 0. The summed E-state index contributed by atoms with van der Waals surface area (Å²) in [5, 5.41) is 0. The van der Waals surface area contributed by atoms with Crippen LogP contribution in [0.3, 0.4) is 0 Å². The predicted octanol–water partition coefficient (Wildman–Crippen LogP) is 6.26. The molecule has 4 atom stereocenters. The van der Waals surface area contributed by atoms with Crippen molar-refractivity contribution < 1.29 is 134 Å². The maximum atomic E-state index is 2.49. The number of hydrogen-bond acceptors (Lipinski definition) is 0. The Bertz CT molecular complexity index is 204. The van der Waals surface area contributed by atoms with Gasteiger partial charge in [-0.3, -0.25) is 0 Å². The van der Waals surface area contributed by atoms with Gasteiger partial charge < -0.3 is 5.92 Å². The van der Waals surface area contributed by atoms with Crippen molar-refractivity contribution >= 4 is 0 Å². The SMILES string of the molecule is CC.CC.C[C-]1C2CCCCC2C2CCCCC12.[Ar].[Ar].[Ar].[W]. The molecule has 4 heteroatoms. The zero-order valence-electron chi connectivity index (χ0n) is 14.9. The van der Waals surface area contributed by atoms with Crippen LogP contribution in [0.15, 0.2) is 0 Å². The Morgan fingerprint density at radius 2 is 0.864 bits per heavy atom. The summed E-state index contributed by atoms with van der Waals surface area (Å²) < 4.78 is 0. The third-order valence-electron chi connectivity index (χ3n) is 5.36. The molecule has 0 bridgehead atoms. The molecule has 3 saturated carbocycles. The Kier molecular flexibility index (Phi) is 31.2. The van der Waals surface area contributed by atoms with Crippen molar-refractivity contribution in [3.8, 4) is 0 Å². The molecule has 4 unspecified atom stereocenters. The van der Waals surface area contributed by atoms with Gasteiger partial charge in [-0.2, -0.15) is 18.8 Å². The Morgan fingerprint density at radius 1 is 0.591 bits per heavy atom. The molecule has 22 heavy (non-hydrogen) atoms. The maximum Gasteiger partial charge on any atom is 0 e. The molecule has 3 aliphatic carbocycles. The topological polar surface area (TPSA) is 0 Å². The van der Waals surface area contributed by atoms with E-state index in [1.807, 2.05) is 33.6 Å². The number of fused-ring (bicyclic) bond motifs is 3.